The van der Waals surface area contributed by atoms with Crippen molar-refractivity contribution < 1.29 is 14.3 Å². The van der Waals surface area contributed by atoms with E-state index in [4.69, 9.17) is 9.47 Å². The van der Waals surface area contributed by atoms with Gasteiger partial charge in [0, 0.05) is 5.41 Å². The van der Waals surface area contributed by atoms with Gasteiger partial charge in [0.05, 0.1) is 13.2 Å². The minimum Gasteiger partial charge on any atom is -0.457 e. The van der Waals surface area contributed by atoms with Gasteiger partial charge in [0.2, 0.25) is 0 Å². The first-order valence-corrected chi connectivity index (χ1v) is 7.51. The molecule has 0 aliphatic heterocycles. The van der Waals surface area contributed by atoms with Gasteiger partial charge in [0.1, 0.15) is 17.8 Å². The monoisotopic (exact) mass is 298 g/mol. The molecule has 116 valence electrons. The summed E-state index contributed by atoms with van der Waals surface area (Å²) in [5, 5.41) is 0. The molecule has 0 fully saturated rings. The fourth-order valence-electron chi connectivity index (χ4n) is 1.94. The number of rotatable bonds is 8. The molecule has 0 N–H and O–H groups in total. The van der Waals surface area contributed by atoms with E-state index < -0.39 is 5.41 Å². The summed E-state index contributed by atoms with van der Waals surface area (Å²) in [5.41, 5.74) is 0.621. The van der Waals surface area contributed by atoms with E-state index >= 15 is 0 Å². The van der Waals surface area contributed by atoms with Crippen LogP contribution in [-0.2, 0) is 16.1 Å². The summed E-state index contributed by atoms with van der Waals surface area (Å²) in [5.74, 6) is 1.58. The highest BCUT2D eigenvalue weighted by molar-refractivity contribution is 5.58. The van der Waals surface area contributed by atoms with E-state index in [1.54, 1.807) is 0 Å². The number of hydrogen-bond acceptors (Lipinski definition) is 3. The van der Waals surface area contributed by atoms with Gasteiger partial charge in [-0.2, -0.15) is 0 Å². The first kappa shape index (κ1) is 16.2. The molecular weight excluding hydrogens is 276 g/mol. The third-order valence-electron chi connectivity index (χ3n) is 3.67. The van der Waals surface area contributed by atoms with E-state index in [0.29, 0.717) is 13.2 Å². The van der Waals surface area contributed by atoms with Crippen molar-refractivity contribution in [2.75, 3.05) is 6.61 Å². The summed E-state index contributed by atoms with van der Waals surface area (Å²) in [6, 6.07) is 17.5. The molecule has 2 aromatic carbocycles. The van der Waals surface area contributed by atoms with Gasteiger partial charge in [-0.25, -0.2) is 0 Å². The average molecular weight is 298 g/mol. The highest BCUT2D eigenvalue weighted by atomic mass is 16.5. The van der Waals surface area contributed by atoms with Crippen LogP contribution >= 0.6 is 0 Å². The normalized spacial score (nSPS) is 13.4. The predicted molar refractivity (Wildman–Crippen MR) is 87.1 cm³/mol. The summed E-state index contributed by atoms with van der Waals surface area (Å²) < 4.78 is 11.5. The molecule has 0 spiro atoms. The smallest absolute Gasteiger partial charge is 0.128 e. The Balaban J connectivity index is 1.93. The lowest BCUT2D eigenvalue weighted by Gasteiger charge is -2.20. The Morgan fingerprint density at radius 3 is 2.45 bits per heavy atom. The van der Waals surface area contributed by atoms with Crippen molar-refractivity contribution >= 4 is 6.29 Å². The Bertz CT molecular complexity index is 595. The molecular formula is C19H22O3. The highest BCUT2D eigenvalue weighted by Crippen LogP contribution is 2.23. The van der Waals surface area contributed by atoms with Gasteiger partial charge >= 0.3 is 0 Å². The summed E-state index contributed by atoms with van der Waals surface area (Å²) in [4.78, 5) is 11.1. The molecule has 0 aliphatic carbocycles. The van der Waals surface area contributed by atoms with Crippen molar-refractivity contribution in [3.63, 3.8) is 0 Å². The lowest BCUT2D eigenvalue weighted by atomic mass is 9.91. The van der Waals surface area contributed by atoms with Crippen LogP contribution in [0.3, 0.4) is 0 Å². The first-order chi connectivity index (χ1) is 10.6. The van der Waals surface area contributed by atoms with E-state index in [0.717, 1.165) is 29.8 Å². The van der Waals surface area contributed by atoms with Crippen molar-refractivity contribution in [3.05, 3.63) is 60.2 Å². The molecule has 0 aromatic heterocycles. The standard InChI is InChI=1S/C19H22O3/c1-3-19(2,14-20)15-21-13-16-8-7-11-18(12-16)22-17-9-5-4-6-10-17/h4-12,14H,3,13,15H2,1-2H3/t19-/m1/s1. The Morgan fingerprint density at radius 1 is 1.05 bits per heavy atom. The third kappa shape index (κ3) is 4.71. The quantitative estimate of drug-likeness (QED) is 0.668. The summed E-state index contributed by atoms with van der Waals surface area (Å²) in [6.07, 6.45) is 1.75. The lowest BCUT2D eigenvalue weighted by Crippen LogP contribution is -2.23. The Morgan fingerprint density at radius 2 is 1.77 bits per heavy atom. The summed E-state index contributed by atoms with van der Waals surface area (Å²) >= 11 is 0. The molecule has 0 aliphatic rings. The van der Waals surface area contributed by atoms with Crippen LogP contribution in [0.25, 0.3) is 0 Å². The summed E-state index contributed by atoms with van der Waals surface area (Å²) in [6.45, 7) is 4.80. The molecule has 2 aromatic rings. The van der Waals surface area contributed by atoms with Crippen LogP contribution in [0, 0.1) is 5.41 Å². The topological polar surface area (TPSA) is 35.5 Å². The second-order valence-electron chi connectivity index (χ2n) is 5.68. The number of hydrogen-bond donors (Lipinski definition) is 0. The zero-order valence-corrected chi connectivity index (χ0v) is 13.1. The maximum atomic E-state index is 11.1. The minimum absolute atomic E-state index is 0.405. The molecule has 2 rings (SSSR count). The van der Waals surface area contributed by atoms with Crippen LogP contribution in [-0.4, -0.2) is 12.9 Å². The van der Waals surface area contributed by atoms with Gasteiger partial charge in [0.15, 0.2) is 0 Å². The molecule has 0 bridgehead atoms. The highest BCUT2D eigenvalue weighted by Gasteiger charge is 2.21. The largest absolute Gasteiger partial charge is 0.457 e. The van der Waals surface area contributed by atoms with Gasteiger partial charge < -0.3 is 14.3 Å². The molecule has 0 saturated heterocycles. The Labute approximate surface area is 131 Å². The van der Waals surface area contributed by atoms with Crippen molar-refractivity contribution in [1.82, 2.24) is 0 Å². The fourth-order valence-corrected chi connectivity index (χ4v) is 1.94. The predicted octanol–water partition coefficient (Wildman–Crippen LogP) is 4.61. The van der Waals surface area contributed by atoms with E-state index in [1.165, 1.54) is 0 Å². The fraction of sp³-hybridized carbons (Fsp3) is 0.316. The Kier molecular flexibility index (Phi) is 5.73. The number of carbonyl (C=O) groups excluding carboxylic acids is 1. The van der Waals surface area contributed by atoms with Gasteiger partial charge in [-0.15, -0.1) is 0 Å². The second-order valence-corrected chi connectivity index (χ2v) is 5.68. The van der Waals surface area contributed by atoms with Crippen LogP contribution in [0.4, 0.5) is 0 Å². The zero-order valence-electron chi connectivity index (χ0n) is 13.1. The molecule has 0 saturated carbocycles. The van der Waals surface area contributed by atoms with Crippen LogP contribution < -0.4 is 4.74 Å². The van der Waals surface area contributed by atoms with Crippen molar-refractivity contribution in [2.45, 2.75) is 26.9 Å². The average Bonchev–Trinajstić information content (AvgIpc) is 2.56. The number of ether oxygens (including phenoxy) is 2. The van der Waals surface area contributed by atoms with Crippen molar-refractivity contribution in [3.8, 4) is 11.5 Å². The maximum absolute atomic E-state index is 11.1. The zero-order chi connectivity index (χ0) is 15.8. The third-order valence-corrected chi connectivity index (χ3v) is 3.67. The SMILES string of the molecule is CC[C@](C)(C=O)COCc1cccc(Oc2ccccc2)c1. The van der Waals surface area contributed by atoms with Crippen LogP contribution in [0.1, 0.15) is 25.8 Å². The molecule has 3 heteroatoms. The number of para-hydroxylation sites is 1. The van der Waals surface area contributed by atoms with Crippen molar-refractivity contribution in [2.24, 2.45) is 5.41 Å². The minimum atomic E-state index is -0.405. The molecule has 22 heavy (non-hydrogen) atoms. The summed E-state index contributed by atoms with van der Waals surface area (Å²) in [7, 11) is 0. The van der Waals surface area contributed by atoms with E-state index in [9.17, 15) is 4.79 Å². The van der Waals surface area contributed by atoms with E-state index in [2.05, 4.69) is 0 Å². The van der Waals surface area contributed by atoms with Gasteiger partial charge in [0.25, 0.3) is 0 Å². The van der Waals surface area contributed by atoms with Crippen LogP contribution in [0.15, 0.2) is 54.6 Å². The number of carbonyl (C=O) groups is 1. The molecule has 0 radical (unpaired) electrons. The van der Waals surface area contributed by atoms with Crippen molar-refractivity contribution in [1.29, 1.82) is 0 Å². The number of aldehydes is 1. The van der Waals surface area contributed by atoms with Crippen LogP contribution in [0.5, 0.6) is 11.5 Å². The molecule has 3 nitrogen and oxygen atoms in total. The van der Waals surface area contributed by atoms with Gasteiger partial charge in [-0.05, 0) is 36.2 Å². The van der Waals surface area contributed by atoms with Crippen LogP contribution in [0.2, 0.25) is 0 Å². The molecule has 1 atom stereocenters. The molecule has 0 heterocycles. The van der Waals surface area contributed by atoms with Gasteiger partial charge in [-0.1, -0.05) is 44.2 Å². The van der Waals surface area contributed by atoms with E-state index in [1.807, 2.05) is 68.4 Å². The second kappa shape index (κ2) is 7.76. The number of benzene rings is 2. The van der Waals surface area contributed by atoms with Gasteiger partial charge in [-0.3, -0.25) is 0 Å². The maximum Gasteiger partial charge on any atom is 0.128 e. The molecule has 0 amide bonds. The lowest BCUT2D eigenvalue weighted by molar-refractivity contribution is -0.119. The Hall–Kier alpha value is -2.13. The first-order valence-electron chi connectivity index (χ1n) is 7.51. The molecule has 0 unspecified atom stereocenters. The van der Waals surface area contributed by atoms with E-state index in [-0.39, 0.29) is 0 Å².